The van der Waals surface area contributed by atoms with E-state index in [0.29, 0.717) is 13.0 Å². The first kappa shape index (κ1) is 12.9. The van der Waals surface area contributed by atoms with Gasteiger partial charge in [0.1, 0.15) is 9.84 Å². The summed E-state index contributed by atoms with van der Waals surface area (Å²) in [4.78, 5) is 0. The van der Waals surface area contributed by atoms with Crippen LogP contribution in [0.3, 0.4) is 0 Å². The molecule has 0 spiro atoms. The summed E-state index contributed by atoms with van der Waals surface area (Å²) in [5.74, 6) is 0.442. The predicted octanol–water partition coefficient (Wildman–Crippen LogP) is -0.218. The molecular formula is C8H19NO3S. The Kier molecular flexibility index (Phi) is 6.28. The fourth-order valence-corrected chi connectivity index (χ4v) is 1.72. The molecule has 13 heavy (non-hydrogen) atoms. The van der Waals surface area contributed by atoms with E-state index in [9.17, 15) is 8.42 Å². The third-order valence-corrected chi connectivity index (χ3v) is 3.63. The molecular weight excluding hydrogens is 190 g/mol. The number of rotatable bonds is 7. The van der Waals surface area contributed by atoms with E-state index in [2.05, 4.69) is 5.32 Å². The molecule has 80 valence electrons. The minimum Gasteiger partial charge on any atom is -0.395 e. The largest absolute Gasteiger partial charge is 0.395 e. The molecule has 0 heterocycles. The third kappa shape index (κ3) is 6.98. The molecule has 0 saturated carbocycles. The molecule has 0 aromatic rings. The number of aliphatic hydroxyl groups is 1. The number of sulfone groups is 1. The lowest BCUT2D eigenvalue weighted by Gasteiger charge is -2.09. The first-order chi connectivity index (χ1) is 6.02. The van der Waals surface area contributed by atoms with E-state index in [-0.39, 0.29) is 24.2 Å². The Bertz CT molecular complexity index is 213. The first-order valence-corrected chi connectivity index (χ1v) is 6.38. The summed E-state index contributed by atoms with van der Waals surface area (Å²) in [5.41, 5.74) is 0. The van der Waals surface area contributed by atoms with Gasteiger partial charge in [0.05, 0.1) is 12.4 Å². The molecule has 2 N–H and O–H groups in total. The molecule has 0 bridgehead atoms. The zero-order valence-corrected chi connectivity index (χ0v) is 9.10. The Morgan fingerprint density at radius 1 is 1.46 bits per heavy atom. The Labute approximate surface area is 80.3 Å². The minimum absolute atomic E-state index is 0.0457. The third-order valence-electron chi connectivity index (χ3n) is 1.84. The van der Waals surface area contributed by atoms with Crippen LogP contribution in [0, 0.1) is 0 Å². The van der Waals surface area contributed by atoms with Crippen LogP contribution in [0.4, 0.5) is 0 Å². The quantitative estimate of drug-likeness (QED) is 0.569. The van der Waals surface area contributed by atoms with Crippen molar-refractivity contribution in [1.29, 1.82) is 0 Å². The minimum atomic E-state index is -2.83. The second kappa shape index (κ2) is 6.34. The monoisotopic (exact) mass is 209 g/mol. The maximum atomic E-state index is 11.0. The SMILES string of the molecule is CCS(=O)(=O)CCCNC(C)CO. The summed E-state index contributed by atoms with van der Waals surface area (Å²) >= 11 is 0. The van der Waals surface area contributed by atoms with Crippen molar-refractivity contribution in [3.8, 4) is 0 Å². The highest BCUT2D eigenvalue weighted by Gasteiger charge is 2.06. The molecule has 0 radical (unpaired) electrons. The number of aliphatic hydroxyl groups excluding tert-OH is 1. The topological polar surface area (TPSA) is 66.4 Å². The van der Waals surface area contributed by atoms with Gasteiger partial charge in [-0.1, -0.05) is 6.92 Å². The van der Waals surface area contributed by atoms with Crippen molar-refractivity contribution in [3.63, 3.8) is 0 Å². The van der Waals surface area contributed by atoms with Crippen molar-refractivity contribution in [1.82, 2.24) is 5.32 Å². The fraction of sp³-hybridized carbons (Fsp3) is 1.00. The van der Waals surface area contributed by atoms with E-state index in [0.717, 1.165) is 0 Å². The second-order valence-corrected chi connectivity index (χ2v) is 5.60. The Balaban J connectivity index is 3.47. The highest BCUT2D eigenvalue weighted by Crippen LogP contribution is 1.92. The zero-order chi connectivity index (χ0) is 10.3. The summed E-state index contributed by atoms with van der Waals surface area (Å²) in [5, 5.41) is 11.7. The van der Waals surface area contributed by atoms with E-state index in [1.54, 1.807) is 6.92 Å². The van der Waals surface area contributed by atoms with Gasteiger partial charge in [-0.2, -0.15) is 0 Å². The van der Waals surface area contributed by atoms with E-state index >= 15 is 0 Å². The molecule has 0 aromatic carbocycles. The van der Waals surface area contributed by atoms with Crippen LogP contribution in [-0.4, -0.2) is 44.2 Å². The van der Waals surface area contributed by atoms with Crippen LogP contribution in [-0.2, 0) is 9.84 Å². The average Bonchev–Trinajstić information content (AvgIpc) is 2.12. The van der Waals surface area contributed by atoms with Crippen molar-refractivity contribution in [2.24, 2.45) is 0 Å². The summed E-state index contributed by atoms with van der Waals surface area (Å²) in [7, 11) is -2.83. The molecule has 4 nitrogen and oxygen atoms in total. The summed E-state index contributed by atoms with van der Waals surface area (Å²) in [6.07, 6.45) is 0.612. The van der Waals surface area contributed by atoms with Crippen LogP contribution in [0.2, 0.25) is 0 Å². The van der Waals surface area contributed by atoms with Gasteiger partial charge in [0.25, 0.3) is 0 Å². The number of hydrogen-bond acceptors (Lipinski definition) is 4. The molecule has 1 unspecified atom stereocenters. The van der Waals surface area contributed by atoms with Crippen molar-refractivity contribution in [3.05, 3.63) is 0 Å². The van der Waals surface area contributed by atoms with E-state index in [4.69, 9.17) is 5.11 Å². The van der Waals surface area contributed by atoms with Crippen molar-refractivity contribution < 1.29 is 13.5 Å². The van der Waals surface area contributed by atoms with Crippen LogP contribution in [0.25, 0.3) is 0 Å². The van der Waals surface area contributed by atoms with Gasteiger partial charge in [-0.15, -0.1) is 0 Å². The normalized spacial score (nSPS) is 14.4. The van der Waals surface area contributed by atoms with E-state index in [1.807, 2.05) is 6.92 Å². The Hall–Kier alpha value is -0.130. The van der Waals surface area contributed by atoms with Gasteiger partial charge >= 0.3 is 0 Å². The number of nitrogens with one attached hydrogen (secondary N) is 1. The zero-order valence-electron chi connectivity index (χ0n) is 8.28. The van der Waals surface area contributed by atoms with E-state index in [1.165, 1.54) is 0 Å². The predicted molar refractivity (Wildman–Crippen MR) is 53.5 cm³/mol. The lowest BCUT2D eigenvalue weighted by molar-refractivity contribution is 0.252. The van der Waals surface area contributed by atoms with Crippen LogP contribution in [0.5, 0.6) is 0 Å². The second-order valence-electron chi connectivity index (χ2n) is 3.13. The molecule has 0 rings (SSSR count). The summed E-state index contributed by atoms with van der Waals surface area (Å²) in [6.45, 7) is 4.23. The van der Waals surface area contributed by atoms with Crippen molar-refractivity contribution >= 4 is 9.84 Å². The maximum absolute atomic E-state index is 11.0. The van der Waals surface area contributed by atoms with Gasteiger partial charge in [-0.05, 0) is 19.9 Å². The molecule has 1 atom stereocenters. The molecule has 0 aromatic heterocycles. The van der Waals surface area contributed by atoms with Crippen LogP contribution in [0.15, 0.2) is 0 Å². The van der Waals surface area contributed by atoms with Crippen molar-refractivity contribution in [2.75, 3.05) is 24.7 Å². The van der Waals surface area contributed by atoms with Crippen molar-refractivity contribution in [2.45, 2.75) is 26.3 Å². The Morgan fingerprint density at radius 3 is 2.54 bits per heavy atom. The lowest BCUT2D eigenvalue weighted by Crippen LogP contribution is -2.31. The number of hydrogen-bond donors (Lipinski definition) is 2. The van der Waals surface area contributed by atoms with Gasteiger partial charge in [-0.25, -0.2) is 8.42 Å². The smallest absolute Gasteiger partial charge is 0.150 e. The van der Waals surface area contributed by atoms with E-state index < -0.39 is 9.84 Å². The van der Waals surface area contributed by atoms with Gasteiger partial charge in [0.2, 0.25) is 0 Å². The molecule has 0 aliphatic heterocycles. The highest BCUT2D eigenvalue weighted by molar-refractivity contribution is 7.91. The van der Waals surface area contributed by atoms with Crippen LogP contribution in [0.1, 0.15) is 20.3 Å². The molecule has 0 saturated heterocycles. The molecule has 0 fully saturated rings. The summed E-state index contributed by atoms with van der Waals surface area (Å²) < 4.78 is 22.1. The van der Waals surface area contributed by atoms with Gasteiger partial charge < -0.3 is 10.4 Å². The molecule has 0 aliphatic rings. The first-order valence-electron chi connectivity index (χ1n) is 4.56. The van der Waals surface area contributed by atoms with Crippen LogP contribution < -0.4 is 5.32 Å². The lowest BCUT2D eigenvalue weighted by atomic mass is 10.3. The highest BCUT2D eigenvalue weighted by atomic mass is 32.2. The van der Waals surface area contributed by atoms with Gasteiger partial charge in [0, 0.05) is 11.8 Å². The molecule has 5 heteroatoms. The standard InChI is InChI=1S/C8H19NO3S/c1-3-13(11,12)6-4-5-9-8(2)7-10/h8-10H,3-7H2,1-2H3. The fourth-order valence-electron chi connectivity index (χ4n) is 0.849. The maximum Gasteiger partial charge on any atom is 0.150 e. The average molecular weight is 209 g/mol. The summed E-state index contributed by atoms with van der Waals surface area (Å²) in [6, 6.07) is 0.0457. The van der Waals surface area contributed by atoms with Crippen LogP contribution >= 0.6 is 0 Å². The molecule has 0 aliphatic carbocycles. The van der Waals surface area contributed by atoms with Gasteiger partial charge in [-0.3, -0.25) is 0 Å². The van der Waals surface area contributed by atoms with Gasteiger partial charge in [0.15, 0.2) is 0 Å². The molecule has 0 amide bonds. The Morgan fingerprint density at radius 2 is 2.08 bits per heavy atom.